The molecule has 0 spiro atoms. The van der Waals surface area contributed by atoms with Crippen molar-refractivity contribution >= 4 is 17.4 Å². The van der Waals surface area contributed by atoms with E-state index in [0.717, 1.165) is 31.6 Å². The molecule has 2 saturated heterocycles. The summed E-state index contributed by atoms with van der Waals surface area (Å²) in [5.74, 6) is -0.403. The van der Waals surface area contributed by atoms with E-state index in [1.54, 1.807) is 23.1 Å². The fourth-order valence-corrected chi connectivity index (χ4v) is 4.58. The third-order valence-electron chi connectivity index (χ3n) is 6.28. The lowest BCUT2D eigenvalue weighted by Crippen LogP contribution is -2.38. The van der Waals surface area contributed by atoms with Gasteiger partial charge in [-0.25, -0.2) is 0 Å². The van der Waals surface area contributed by atoms with Gasteiger partial charge in [-0.1, -0.05) is 30.3 Å². The van der Waals surface area contributed by atoms with Gasteiger partial charge in [0.1, 0.15) is 5.76 Å². The molecule has 0 aromatic heterocycles. The molecule has 0 saturated carbocycles. The van der Waals surface area contributed by atoms with Gasteiger partial charge in [0.25, 0.3) is 11.7 Å². The van der Waals surface area contributed by atoms with E-state index in [0.29, 0.717) is 36.8 Å². The number of carbonyl (C=O) groups is 2. The predicted octanol–water partition coefficient (Wildman–Crippen LogP) is 2.56. The van der Waals surface area contributed by atoms with Gasteiger partial charge in [-0.2, -0.15) is 0 Å². The van der Waals surface area contributed by atoms with Crippen molar-refractivity contribution in [3.05, 3.63) is 65.2 Å². The number of morpholine rings is 1. The van der Waals surface area contributed by atoms with Crippen LogP contribution in [-0.4, -0.2) is 72.8 Å². The molecule has 3 aliphatic heterocycles. The molecule has 2 aromatic carbocycles. The molecule has 3 aliphatic rings. The van der Waals surface area contributed by atoms with Crippen molar-refractivity contribution in [1.29, 1.82) is 0 Å². The summed E-state index contributed by atoms with van der Waals surface area (Å²) in [5.41, 5.74) is 1.29. The van der Waals surface area contributed by atoms with Crippen LogP contribution in [0.2, 0.25) is 0 Å². The van der Waals surface area contributed by atoms with E-state index in [9.17, 15) is 14.7 Å². The topological polar surface area (TPSA) is 88.5 Å². The number of amides is 1. The summed E-state index contributed by atoms with van der Waals surface area (Å²) < 4.78 is 16.1. The molecule has 0 aliphatic carbocycles. The van der Waals surface area contributed by atoms with Crippen LogP contribution in [0.3, 0.4) is 0 Å². The number of carbonyl (C=O) groups excluding carboxylic acids is 2. The number of ether oxygens (including phenoxy) is 3. The molecular weight excluding hydrogens is 424 g/mol. The monoisotopic (exact) mass is 450 g/mol. The van der Waals surface area contributed by atoms with Crippen LogP contribution in [0.5, 0.6) is 11.5 Å². The molecule has 3 heterocycles. The highest BCUT2D eigenvalue weighted by Gasteiger charge is 2.45. The van der Waals surface area contributed by atoms with Gasteiger partial charge in [0.05, 0.1) is 24.8 Å². The smallest absolute Gasteiger partial charge is 0.295 e. The van der Waals surface area contributed by atoms with E-state index < -0.39 is 17.7 Å². The second-order valence-corrected chi connectivity index (χ2v) is 8.28. The maximum Gasteiger partial charge on any atom is 0.295 e. The number of benzene rings is 2. The van der Waals surface area contributed by atoms with Gasteiger partial charge >= 0.3 is 0 Å². The van der Waals surface area contributed by atoms with Gasteiger partial charge in [0.15, 0.2) is 11.5 Å². The summed E-state index contributed by atoms with van der Waals surface area (Å²) in [4.78, 5) is 30.1. The number of likely N-dealkylation sites (tertiary alicyclic amines) is 1. The normalized spacial score (nSPS) is 22.2. The second kappa shape index (κ2) is 9.25. The minimum Gasteiger partial charge on any atom is -0.507 e. The van der Waals surface area contributed by atoms with Crippen LogP contribution in [0.4, 0.5) is 0 Å². The van der Waals surface area contributed by atoms with Gasteiger partial charge in [-0.15, -0.1) is 0 Å². The van der Waals surface area contributed by atoms with Crippen molar-refractivity contribution in [2.24, 2.45) is 0 Å². The standard InChI is InChI=1S/C25H26N2O6/c28-23(18-7-8-19-20(15-18)33-16-32-19)21-22(17-5-2-1-3-6-17)27(25(30)24(21)29)10-4-9-26-11-13-31-14-12-26/h1-3,5-8,15,22,28H,4,9-14,16H2. The number of aliphatic hydroxyl groups is 1. The first kappa shape index (κ1) is 21.5. The molecular formula is C25H26N2O6. The third-order valence-corrected chi connectivity index (χ3v) is 6.28. The minimum atomic E-state index is -0.676. The Morgan fingerprint density at radius 3 is 2.52 bits per heavy atom. The summed E-state index contributed by atoms with van der Waals surface area (Å²) in [7, 11) is 0. The predicted molar refractivity (Wildman–Crippen MR) is 120 cm³/mol. The highest BCUT2D eigenvalue weighted by atomic mass is 16.7. The van der Waals surface area contributed by atoms with Gasteiger partial charge in [0, 0.05) is 31.7 Å². The average Bonchev–Trinajstić information content (AvgIpc) is 3.42. The minimum absolute atomic E-state index is 0.0939. The van der Waals surface area contributed by atoms with Crippen molar-refractivity contribution in [1.82, 2.24) is 9.80 Å². The zero-order valence-electron chi connectivity index (χ0n) is 18.2. The Morgan fingerprint density at radius 2 is 1.73 bits per heavy atom. The second-order valence-electron chi connectivity index (χ2n) is 8.28. The van der Waals surface area contributed by atoms with Crippen LogP contribution in [-0.2, 0) is 14.3 Å². The summed E-state index contributed by atoms with van der Waals surface area (Å²) in [5, 5.41) is 11.2. The van der Waals surface area contributed by atoms with Crippen molar-refractivity contribution in [2.45, 2.75) is 12.5 Å². The van der Waals surface area contributed by atoms with Crippen molar-refractivity contribution in [3.63, 3.8) is 0 Å². The number of ketones is 1. The molecule has 5 rings (SSSR count). The first-order chi connectivity index (χ1) is 16.1. The van der Waals surface area contributed by atoms with Crippen molar-refractivity contribution < 1.29 is 28.9 Å². The zero-order chi connectivity index (χ0) is 22.8. The van der Waals surface area contributed by atoms with Crippen LogP contribution < -0.4 is 9.47 Å². The van der Waals surface area contributed by atoms with E-state index >= 15 is 0 Å². The number of fused-ring (bicyclic) bond motifs is 1. The molecule has 1 unspecified atom stereocenters. The quantitative estimate of drug-likeness (QED) is 0.411. The molecule has 1 atom stereocenters. The molecule has 172 valence electrons. The fourth-order valence-electron chi connectivity index (χ4n) is 4.58. The zero-order valence-corrected chi connectivity index (χ0v) is 18.2. The summed E-state index contributed by atoms with van der Waals surface area (Å²) in [6.45, 7) is 4.50. The van der Waals surface area contributed by atoms with Crippen molar-refractivity contribution in [3.8, 4) is 11.5 Å². The van der Waals surface area contributed by atoms with E-state index in [4.69, 9.17) is 14.2 Å². The number of rotatable bonds is 6. The maximum absolute atomic E-state index is 13.1. The first-order valence-electron chi connectivity index (χ1n) is 11.2. The molecule has 1 amide bonds. The number of aliphatic hydroxyl groups excluding tert-OH is 1. The molecule has 33 heavy (non-hydrogen) atoms. The lowest BCUT2D eigenvalue weighted by Gasteiger charge is -2.29. The maximum atomic E-state index is 13.1. The molecule has 1 N–H and O–H groups in total. The Morgan fingerprint density at radius 1 is 0.970 bits per heavy atom. The Hall–Kier alpha value is -3.36. The average molecular weight is 450 g/mol. The highest BCUT2D eigenvalue weighted by Crippen LogP contribution is 2.41. The van der Waals surface area contributed by atoms with Crippen LogP contribution in [0.25, 0.3) is 5.76 Å². The SMILES string of the molecule is O=C1C(=O)N(CCCN2CCOCC2)C(c2ccccc2)C1=C(O)c1ccc2c(c1)OCO2. The Bertz CT molecular complexity index is 1080. The van der Waals surface area contributed by atoms with Gasteiger partial charge < -0.3 is 24.2 Å². The fraction of sp³-hybridized carbons (Fsp3) is 0.360. The number of hydrogen-bond donors (Lipinski definition) is 1. The van der Waals surface area contributed by atoms with E-state index in [2.05, 4.69) is 4.90 Å². The van der Waals surface area contributed by atoms with Gasteiger partial charge in [0.2, 0.25) is 6.79 Å². The van der Waals surface area contributed by atoms with Crippen molar-refractivity contribution in [2.75, 3.05) is 46.2 Å². The van der Waals surface area contributed by atoms with Gasteiger partial charge in [-0.05, 0) is 30.2 Å². The lowest BCUT2D eigenvalue weighted by atomic mass is 9.95. The van der Waals surface area contributed by atoms with E-state index in [-0.39, 0.29) is 18.1 Å². The Balaban J connectivity index is 1.46. The first-order valence-corrected chi connectivity index (χ1v) is 11.2. The number of nitrogens with zero attached hydrogens (tertiary/aromatic N) is 2. The lowest BCUT2D eigenvalue weighted by molar-refractivity contribution is -0.140. The highest BCUT2D eigenvalue weighted by molar-refractivity contribution is 6.46. The summed E-state index contributed by atoms with van der Waals surface area (Å²) >= 11 is 0. The van der Waals surface area contributed by atoms with Crippen LogP contribution in [0.1, 0.15) is 23.6 Å². The number of Topliss-reactive ketones (excluding diaryl/α,β-unsaturated/α-hetero) is 1. The molecule has 8 heteroatoms. The molecule has 2 fully saturated rings. The van der Waals surface area contributed by atoms with E-state index in [1.807, 2.05) is 30.3 Å². The molecule has 0 radical (unpaired) electrons. The largest absolute Gasteiger partial charge is 0.507 e. The van der Waals surface area contributed by atoms with Crippen LogP contribution in [0, 0.1) is 0 Å². The summed E-state index contributed by atoms with van der Waals surface area (Å²) in [6, 6.07) is 13.7. The third kappa shape index (κ3) is 4.19. The molecule has 2 aromatic rings. The van der Waals surface area contributed by atoms with Crippen LogP contribution in [0.15, 0.2) is 54.1 Å². The van der Waals surface area contributed by atoms with E-state index in [1.165, 1.54) is 0 Å². The Labute approximate surface area is 192 Å². The summed E-state index contributed by atoms with van der Waals surface area (Å²) in [6.07, 6.45) is 0.723. The molecule has 8 nitrogen and oxygen atoms in total. The van der Waals surface area contributed by atoms with Crippen LogP contribution >= 0.6 is 0 Å². The Kier molecular flexibility index (Phi) is 6.02. The number of hydrogen-bond acceptors (Lipinski definition) is 7. The molecule has 0 bridgehead atoms. The van der Waals surface area contributed by atoms with Gasteiger partial charge in [-0.3, -0.25) is 14.5 Å².